The van der Waals surface area contributed by atoms with E-state index in [2.05, 4.69) is 9.97 Å². The van der Waals surface area contributed by atoms with E-state index in [-0.39, 0.29) is 18.6 Å². The number of rotatable bonds is 5. The van der Waals surface area contributed by atoms with Gasteiger partial charge in [0.25, 0.3) is 5.91 Å². The second kappa shape index (κ2) is 7.53. The molecule has 1 amide bonds. The number of carbonyl (C=O) groups is 1. The Morgan fingerprint density at radius 1 is 1.19 bits per heavy atom. The minimum atomic E-state index is -0.693. The number of aromatic nitrogens is 2. The van der Waals surface area contributed by atoms with Crippen molar-refractivity contribution < 1.29 is 14.3 Å². The van der Waals surface area contributed by atoms with Gasteiger partial charge in [-0.05, 0) is 24.6 Å². The fraction of sp³-hybridized carbons (Fsp3) is 0.238. The van der Waals surface area contributed by atoms with E-state index in [1.54, 1.807) is 17.3 Å². The maximum Gasteiger partial charge on any atom is 0.268 e. The molecule has 6 heteroatoms. The van der Waals surface area contributed by atoms with Gasteiger partial charge in [0.15, 0.2) is 11.5 Å². The largest absolute Gasteiger partial charge is 0.485 e. The highest BCUT2D eigenvalue weighted by atomic mass is 16.6. The predicted octanol–water partition coefficient (Wildman–Crippen LogP) is 3.34. The van der Waals surface area contributed by atoms with Crippen molar-refractivity contribution in [2.45, 2.75) is 25.6 Å². The lowest BCUT2D eigenvalue weighted by atomic mass is 10.1. The molecule has 0 unspecified atom stereocenters. The molecule has 4 rings (SSSR count). The molecule has 1 aliphatic rings. The van der Waals surface area contributed by atoms with Crippen LogP contribution in [0, 0.1) is 0 Å². The van der Waals surface area contributed by atoms with Crippen molar-refractivity contribution in [3.63, 3.8) is 0 Å². The molecule has 0 saturated carbocycles. The SMILES string of the molecule is C[C@@H](c1ccccc1)N(Cc1ncc[nH]1)C(=O)[C@@H]1COc2ccccc2O1. The highest BCUT2D eigenvalue weighted by molar-refractivity contribution is 5.82. The molecule has 0 radical (unpaired) electrons. The molecule has 0 spiro atoms. The number of H-pyrrole nitrogens is 1. The lowest BCUT2D eigenvalue weighted by molar-refractivity contribution is -0.144. The molecule has 0 fully saturated rings. The van der Waals surface area contributed by atoms with Gasteiger partial charge in [-0.3, -0.25) is 4.79 Å². The first-order chi connectivity index (χ1) is 13.2. The standard InChI is InChI=1S/C21H21N3O3/c1-15(16-7-3-2-4-8-16)24(13-20-22-11-12-23-20)21(25)19-14-26-17-9-5-6-10-18(17)27-19/h2-12,15,19H,13-14H2,1H3,(H,22,23)/t15-,19-/m0/s1. The van der Waals surface area contributed by atoms with Crippen LogP contribution in [0.5, 0.6) is 11.5 Å². The van der Waals surface area contributed by atoms with Gasteiger partial charge >= 0.3 is 0 Å². The molecule has 1 aromatic heterocycles. The van der Waals surface area contributed by atoms with E-state index in [9.17, 15) is 4.79 Å². The number of nitrogens with one attached hydrogen (secondary N) is 1. The van der Waals surface area contributed by atoms with Crippen molar-refractivity contribution in [3.8, 4) is 11.5 Å². The van der Waals surface area contributed by atoms with Gasteiger partial charge in [0.2, 0.25) is 6.10 Å². The van der Waals surface area contributed by atoms with Crippen molar-refractivity contribution in [3.05, 3.63) is 78.4 Å². The van der Waals surface area contributed by atoms with Crippen LogP contribution in [0.3, 0.4) is 0 Å². The molecular formula is C21H21N3O3. The first-order valence-electron chi connectivity index (χ1n) is 8.94. The van der Waals surface area contributed by atoms with Gasteiger partial charge in [-0.15, -0.1) is 0 Å². The van der Waals surface area contributed by atoms with Crippen LogP contribution in [-0.2, 0) is 11.3 Å². The van der Waals surface area contributed by atoms with E-state index in [1.165, 1.54) is 0 Å². The van der Waals surface area contributed by atoms with Crippen LogP contribution in [0.25, 0.3) is 0 Å². The number of hydrogen-bond acceptors (Lipinski definition) is 4. The molecule has 2 heterocycles. The van der Waals surface area contributed by atoms with Gasteiger partial charge in [0.05, 0.1) is 12.6 Å². The van der Waals surface area contributed by atoms with Crippen LogP contribution in [0.2, 0.25) is 0 Å². The zero-order valence-corrected chi connectivity index (χ0v) is 15.0. The average molecular weight is 363 g/mol. The minimum Gasteiger partial charge on any atom is -0.485 e. The van der Waals surface area contributed by atoms with E-state index in [0.717, 1.165) is 11.4 Å². The highest BCUT2D eigenvalue weighted by Crippen LogP contribution is 2.32. The minimum absolute atomic E-state index is 0.128. The van der Waals surface area contributed by atoms with Crippen LogP contribution in [0.15, 0.2) is 67.0 Å². The lowest BCUT2D eigenvalue weighted by Crippen LogP contribution is -2.47. The number of aromatic amines is 1. The molecule has 138 valence electrons. The summed E-state index contributed by atoms with van der Waals surface area (Å²) >= 11 is 0. The van der Waals surface area contributed by atoms with Gasteiger partial charge in [-0.2, -0.15) is 0 Å². The summed E-state index contributed by atoms with van der Waals surface area (Å²) in [4.78, 5) is 22.4. The van der Waals surface area contributed by atoms with Crippen molar-refractivity contribution in [2.75, 3.05) is 6.61 Å². The predicted molar refractivity (Wildman–Crippen MR) is 100 cm³/mol. The number of hydrogen-bond donors (Lipinski definition) is 1. The molecule has 6 nitrogen and oxygen atoms in total. The van der Waals surface area contributed by atoms with Crippen molar-refractivity contribution >= 4 is 5.91 Å². The Labute approximate surface area is 157 Å². The normalized spacial score (nSPS) is 16.6. The smallest absolute Gasteiger partial charge is 0.268 e. The lowest BCUT2D eigenvalue weighted by Gasteiger charge is -2.34. The van der Waals surface area contributed by atoms with Crippen LogP contribution in [0.1, 0.15) is 24.4 Å². The van der Waals surface area contributed by atoms with Gasteiger partial charge < -0.3 is 19.4 Å². The summed E-state index contributed by atoms with van der Waals surface area (Å²) in [5.74, 6) is 1.85. The molecule has 3 aromatic rings. The summed E-state index contributed by atoms with van der Waals surface area (Å²) in [7, 11) is 0. The number of ether oxygens (including phenoxy) is 2. The molecular weight excluding hydrogens is 342 g/mol. The molecule has 27 heavy (non-hydrogen) atoms. The Morgan fingerprint density at radius 2 is 1.93 bits per heavy atom. The molecule has 1 N–H and O–H groups in total. The van der Waals surface area contributed by atoms with Gasteiger partial charge in [-0.25, -0.2) is 4.98 Å². The number of para-hydroxylation sites is 2. The highest BCUT2D eigenvalue weighted by Gasteiger charge is 2.34. The fourth-order valence-corrected chi connectivity index (χ4v) is 3.19. The second-order valence-electron chi connectivity index (χ2n) is 6.45. The van der Waals surface area contributed by atoms with Crippen LogP contribution < -0.4 is 9.47 Å². The first kappa shape index (κ1) is 17.1. The summed E-state index contributed by atoms with van der Waals surface area (Å²) in [6.07, 6.45) is 2.74. The van der Waals surface area contributed by atoms with E-state index in [1.807, 2.05) is 61.5 Å². The average Bonchev–Trinajstić information content (AvgIpc) is 3.24. The molecule has 0 bridgehead atoms. The number of amides is 1. The van der Waals surface area contributed by atoms with E-state index >= 15 is 0 Å². The van der Waals surface area contributed by atoms with Crippen LogP contribution in [-0.4, -0.2) is 33.5 Å². The monoisotopic (exact) mass is 363 g/mol. The Balaban J connectivity index is 1.59. The number of carbonyl (C=O) groups excluding carboxylic acids is 1. The Hall–Kier alpha value is -3.28. The maximum absolute atomic E-state index is 13.3. The van der Waals surface area contributed by atoms with Crippen LogP contribution >= 0.6 is 0 Å². The summed E-state index contributed by atoms with van der Waals surface area (Å²) in [6, 6.07) is 17.2. The molecule has 1 aliphatic heterocycles. The van der Waals surface area contributed by atoms with Gasteiger partial charge in [0.1, 0.15) is 12.4 Å². The first-order valence-corrected chi connectivity index (χ1v) is 8.94. The summed E-state index contributed by atoms with van der Waals surface area (Å²) < 4.78 is 11.7. The molecule has 2 atom stereocenters. The number of imidazole rings is 1. The summed E-state index contributed by atoms with van der Waals surface area (Å²) in [6.45, 7) is 2.56. The zero-order valence-electron chi connectivity index (χ0n) is 15.0. The van der Waals surface area contributed by atoms with Crippen LogP contribution in [0.4, 0.5) is 0 Å². The van der Waals surface area contributed by atoms with Crippen molar-refractivity contribution in [1.29, 1.82) is 0 Å². The Bertz CT molecular complexity index is 896. The molecule has 0 saturated heterocycles. The van der Waals surface area contributed by atoms with E-state index in [4.69, 9.17) is 9.47 Å². The van der Waals surface area contributed by atoms with Gasteiger partial charge in [0, 0.05) is 12.4 Å². The van der Waals surface area contributed by atoms with Gasteiger partial charge in [-0.1, -0.05) is 42.5 Å². The quantitative estimate of drug-likeness (QED) is 0.755. The summed E-state index contributed by atoms with van der Waals surface area (Å²) in [5.41, 5.74) is 1.05. The second-order valence-corrected chi connectivity index (χ2v) is 6.45. The third kappa shape index (κ3) is 3.65. The summed E-state index contributed by atoms with van der Waals surface area (Å²) in [5, 5.41) is 0. The topological polar surface area (TPSA) is 67.5 Å². The van der Waals surface area contributed by atoms with E-state index < -0.39 is 6.10 Å². The Morgan fingerprint density at radius 3 is 2.67 bits per heavy atom. The third-order valence-corrected chi connectivity index (χ3v) is 4.69. The molecule has 0 aliphatic carbocycles. The number of benzene rings is 2. The molecule has 2 aromatic carbocycles. The Kier molecular flexibility index (Phi) is 4.78. The number of nitrogens with zero attached hydrogens (tertiary/aromatic N) is 2. The number of fused-ring (bicyclic) bond motifs is 1. The van der Waals surface area contributed by atoms with Crippen molar-refractivity contribution in [2.24, 2.45) is 0 Å². The third-order valence-electron chi connectivity index (χ3n) is 4.69. The zero-order chi connectivity index (χ0) is 18.6. The van der Waals surface area contributed by atoms with E-state index in [0.29, 0.717) is 18.0 Å². The van der Waals surface area contributed by atoms with Crippen molar-refractivity contribution in [1.82, 2.24) is 14.9 Å². The maximum atomic E-state index is 13.3. The fourth-order valence-electron chi connectivity index (χ4n) is 3.19.